The van der Waals surface area contributed by atoms with Gasteiger partial charge in [0.1, 0.15) is 0 Å². The highest BCUT2D eigenvalue weighted by atomic mass is 16.3. The van der Waals surface area contributed by atoms with Gasteiger partial charge in [0.05, 0.1) is 6.10 Å². The molecule has 0 amide bonds. The Kier molecular flexibility index (Phi) is 5.62. The van der Waals surface area contributed by atoms with Crippen molar-refractivity contribution in [2.45, 2.75) is 65.0 Å². The highest BCUT2D eigenvalue weighted by Crippen LogP contribution is 2.23. The van der Waals surface area contributed by atoms with E-state index in [0.29, 0.717) is 12.0 Å². The van der Waals surface area contributed by atoms with Crippen molar-refractivity contribution in [2.75, 3.05) is 6.54 Å². The number of nitrogens with one attached hydrogen (secondary N) is 1. The minimum atomic E-state index is -0.177. The Morgan fingerprint density at radius 2 is 2.00 bits per heavy atom. The van der Waals surface area contributed by atoms with Crippen LogP contribution in [0.15, 0.2) is 0 Å². The lowest BCUT2D eigenvalue weighted by molar-refractivity contribution is 0.103. The molecule has 90 valence electrons. The highest BCUT2D eigenvalue weighted by molar-refractivity contribution is 4.79. The van der Waals surface area contributed by atoms with Crippen LogP contribution >= 0.6 is 0 Å². The summed E-state index contributed by atoms with van der Waals surface area (Å²) < 4.78 is 0. The van der Waals surface area contributed by atoms with Gasteiger partial charge in [-0.2, -0.15) is 0 Å². The molecule has 1 rings (SSSR count). The van der Waals surface area contributed by atoms with Crippen molar-refractivity contribution in [3.63, 3.8) is 0 Å². The summed E-state index contributed by atoms with van der Waals surface area (Å²) in [7, 11) is 0. The Hall–Kier alpha value is -0.0800. The van der Waals surface area contributed by atoms with Crippen LogP contribution in [0.4, 0.5) is 0 Å². The maximum absolute atomic E-state index is 9.87. The average Bonchev–Trinajstić information content (AvgIpc) is 2.26. The molecule has 2 nitrogen and oxygen atoms in total. The van der Waals surface area contributed by atoms with Crippen LogP contribution < -0.4 is 5.32 Å². The normalized spacial score (nSPS) is 31.2. The first-order chi connectivity index (χ1) is 7.15. The molecular weight excluding hydrogens is 186 g/mol. The van der Waals surface area contributed by atoms with E-state index >= 15 is 0 Å². The van der Waals surface area contributed by atoms with Gasteiger partial charge in [0, 0.05) is 12.6 Å². The Bertz CT molecular complexity index is 172. The Morgan fingerprint density at radius 1 is 1.33 bits per heavy atom. The molecule has 1 saturated carbocycles. The van der Waals surface area contributed by atoms with Gasteiger partial charge in [-0.05, 0) is 24.7 Å². The van der Waals surface area contributed by atoms with Crippen LogP contribution in [0.1, 0.15) is 52.9 Å². The quantitative estimate of drug-likeness (QED) is 0.735. The fraction of sp³-hybridized carbons (Fsp3) is 1.00. The van der Waals surface area contributed by atoms with Gasteiger partial charge in [0.15, 0.2) is 0 Å². The largest absolute Gasteiger partial charge is 0.392 e. The molecule has 0 aliphatic heterocycles. The lowest BCUT2D eigenvalue weighted by atomic mass is 9.85. The smallest absolute Gasteiger partial charge is 0.0690 e. The molecule has 2 heteroatoms. The fourth-order valence-corrected chi connectivity index (χ4v) is 2.36. The van der Waals surface area contributed by atoms with Crippen molar-refractivity contribution in [2.24, 2.45) is 11.8 Å². The molecule has 0 bridgehead atoms. The van der Waals surface area contributed by atoms with Gasteiger partial charge < -0.3 is 10.4 Å². The highest BCUT2D eigenvalue weighted by Gasteiger charge is 2.22. The maximum Gasteiger partial charge on any atom is 0.0690 e. The van der Waals surface area contributed by atoms with E-state index in [0.717, 1.165) is 18.9 Å². The first-order valence-electron chi connectivity index (χ1n) is 6.56. The van der Waals surface area contributed by atoms with Gasteiger partial charge in [0.25, 0.3) is 0 Å². The molecule has 1 fully saturated rings. The Labute approximate surface area is 94.5 Å². The molecular formula is C13H27NO. The van der Waals surface area contributed by atoms with E-state index in [1.807, 2.05) is 0 Å². The van der Waals surface area contributed by atoms with Crippen molar-refractivity contribution in [1.82, 2.24) is 5.32 Å². The van der Waals surface area contributed by atoms with Crippen LogP contribution in [0.5, 0.6) is 0 Å². The maximum atomic E-state index is 9.87. The topological polar surface area (TPSA) is 32.3 Å². The van der Waals surface area contributed by atoms with Gasteiger partial charge >= 0.3 is 0 Å². The average molecular weight is 213 g/mol. The van der Waals surface area contributed by atoms with Crippen LogP contribution in [-0.4, -0.2) is 23.8 Å². The third-order valence-electron chi connectivity index (χ3n) is 4.00. The standard InChI is InChI=1S/C13H27NO/c1-4-10(2)13(15)9-14-12-8-6-5-7-11(12)3/h10-15H,4-9H2,1-3H3. The molecule has 0 radical (unpaired) electrons. The Balaban J connectivity index is 2.23. The molecule has 0 aromatic rings. The number of rotatable bonds is 5. The minimum Gasteiger partial charge on any atom is -0.392 e. The van der Waals surface area contributed by atoms with Crippen molar-refractivity contribution >= 4 is 0 Å². The fourth-order valence-electron chi connectivity index (χ4n) is 2.36. The molecule has 0 spiro atoms. The van der Waals surface area contributed by atoms with Gasteiger partial charge in [-0.25, -0.2) is 0 Å². The molecule has 1 aliphatic rings. The Morgan fingerprint density at radius 3 is 2.60 bits per heavy atom. The first-order valence-corrected chi connectivity index (χ1v) is 6.56. The predicted octanol–water partition coefficient (Wildman–Crippen LogP) is 2.56. The van der Waals surface area contributed by atoms with E-state index in [4.69, 9.17) is 0 Å². The van der Waals surface area contributed by atoms with Crippen LogP contribution in [0.3, 0.4) is 0 Å². The number of aliphatic hydroxyl groups is 1. The van der Waals surface area contributed by atoms with Crippen LogP contribution in [0, 0.1) is 11.8 Å². The first kappa shape index (κ1) is 13.0. The second-order valence-corrected chi connectivity index (χ2v) is 5.23. The van der Waals surface area contributed by atoms with Gasteiger partial charge in [0.2, 0.25) is 0 Å². The number of aliphatic hydroxyl groups excluding tert-OH is 1. The summed E-state index contributed by atoms with van der Waals surface area (Å²) in [4.78, 5) is 0. The SMILES string of the molecule is CCC(C)C(O)CNC1CCCCC1C. The van der Waals surface area contributed by atoms with Crippen molar-refractivity contribution in [3.05, 3.63) is 0 Å². The molecule has 0 heterocycles. The summed E-state index contributed by atoms with van der Waals surface area (Å²) in [6.45, 7) is 7.35. The summed E-state index contributed by atoms with van der Waals surface area (Å²) in [6, 6.07) is 0.637. The molecule has 1 aliphatic carbocycles. The van der Waals surface area contributed by atoms with Crippen LogP contribution in [0.25, 0.3) is 0 Å². The van der Waals surface area contributed by atoms with Crippen molar-refractivity contribution in [1.29, 1.82) is 0 Å². The van der Waals surface area contributed by atoms with E-state index in [9.17, 15) is 5.11 Å². The molecule has 0 aromatic heterocycles. The van der Waals surface area contributed by atoms with Gasteiger partial charge in [-0.3, -0.25) is 0 Å². The lowest BCUT2D eigenvalue weighted by Gasteiger charge is -2.31. The van der Waals surface area contributed by atoms with Gasteiger partial charge in [-0.15, -0.1) is 0 Å². The van der Waals surface area contributed by atoms with Crippen molar-refractivity contribution in [3.8, 4) is 0 Å². The minimum absolute atomic E-state index is 0.177. The third kappa shape index (κ3) is 4.12. The molecule has 15 heavy (non-hydrogen) atoms. The zero-order valence-electron chi connectivity index (χ0n) is 10.5. The lowest BCUT2D eigenvalue weighted by Crippen LogP contribution is -2.42. The third-order valence-corrected chi connectivity index (χ3v) is 4.00. The molecule has 4 atom stereocenters. The van der Waals surface area contributed by atoms with E-state index < -0.39 is 0 Å². The van der Waals surface area contributed by atoms with E-state index in [2.05, 4.69) is 26.1 Å². The van der Waals surface area contributed by atoms with E-state index in [1.165, 1.54) is 25.7 Å². The summed E-state index contributed by atoms with van der Waals surface area (Å²) in [5, 5.41) is 13.4. The van der Waals surface area contributed by atoms with Crippen LogP contribution in [-0.2, 0) is 0 Å². The zero-order chi connectivity index (χ0) is 11.3. The molecule has 0 aromatic carbocycles. The van der Waals surface area contributed by atoms with Crippen molar-refractivity contribution < 1.29 is 5.11 Å². The monoisotopic (exact) mass is 213 g/mol. The van der Waals surface area contributed by atoms with E-state index in [1.54, 1.807) is 0 Å². The molecule has 2 N–H and O–H groups in total. The predicted molar refractivity (Wildman–Crippen MR) is 64.9 cm³/mol. The number of hydrogen-bond acceptors (Lipinski definition) is 2. The van der Waals surface area contributed by atoms with E-state index in [-0.39, 0.29) is 6.10 Å². The summed E-state index contributed by atoms with van der Waals surface area (Å²) in [6.07, 6.45) is 6.24. The second kappa shape index (κ2) is 6.49. The summed E-state index contributed by atoms with van der Waals surface area (Å²) in [5.74, 6) is 1.19. The zero-order valence-corrected chi connectivity index (χ0v) is 10.5. The summed E-state index contributed by atoms with van der Waals surface area (Å²) in [5.41, 5.74) is 0. The van der Waals surface area contributed by atoms with Gasteiger partial charge in [-0.1, -0.05) is 40.0 Å². The molecule has 4 unspecified atom stereocenters. The van der Waals surface area contributed by atoms with Crippen LogP contribution in [0.2, 0.25) is 0 Å². The second-order valence-electron chi connectivity index (χ2n) is 5.23. The number of hydrogen-bond donors (Lipinski definition) is 2. The summed E-state index contributed by atoms with van der Waals surface area (Å²) >= 11 is 0. The molecule has 0 saturated heterocycles.